The van der Waals surface area contributed by atoms with E-state index in [4.69, 9.17) is 12.2 Å². The Kier molecular flexibility index (Phi) is 3.51. The van der Waals surface area contributed by atoms with Crippen LogP contribution in [-0.2, 0) is 12.8 Å². The van der Waals surface area contributed by atoms with Gasteiger partial charge in [-0.05, 0) is 54.2 Å². The molecule has 0 radical (unpaired) electrons. The Balaban J connectivity index is 2.02. The van der Waals surface area contributed by atoms with Crippen LogP contribution in [0.15, 0.2) is 23.3 Å². The standard InChI is InChI=1S/C12H15N3S/c1-13-12(16)15-14-8-9-5-6-10-3-2-4-11(10)7-9/h5-8H,2-4H2,1H3,(H2,13,15,16)/b14-8-. The molecule has 0 atom stereocenters. The van der Waals surface area contributed by atoms with Crippen LogP contribution in [0.5, 0.6) is 0 Å². The van der Waals surface area contributed by atoms with Gasteiger partial charge in [0, 0.05) is 7.05 Å². The lowest BCUT2D eigenvalue weighted by Crippen LogP contribution is -2.28. The van der Waals surface area contributed by atoms with Gasteiger partial charge in [-0.25, -0.2) is 0 Å². The molecule has 0 bridgehead atoms. The van der Waals surface area contributed by atoms with Gasteiger partial charge in [-0.3, -0.25) is 5.43 Å². The van der Waals surface area contributed by atoms with Crippen molar-refractivity contribution in [1.29, 1.82) is 0 Å². The fraction of sp³-hybridized carbons (Fsp3) is 0.333. The van der Waals surface area contributed by atoms with Gasteiger partial charge >= 0.3 is 0 Å². The van der Waals surface area contributed by atoms with Crippen LogP contribution in [0.1, 0.15) is 23.1 Å². The molecular formula is C12H15N3S. The normalized spacial score (nSPS) is 13.8. The number of hydrazone groups is 1. The quantitative estimate of drug-likeness (QED) is 0.463. The maximum Gasteiger partial charge on any atom is 0.186 e. The van der Waals surface area contributed by atoms with Crippen molar-refractivity contribution in [3.05, 3.63) is 34.9 Å². The van der Waals surface area contributed by atoms with Crippen LogP contribution in [0.25, 0.3) is 0 Å². The van der Waals surface area contributed by atoms with E-state index in [1.165, 1.54) is 30.4 Å². The number of aryl methyl sites for hydroxylation is 2. The molecule has 4 heteroatoms. The van der Waals surface area contributed by atoms with Crippen molar-refractivity contribution in [2.45, 2.75) is 19.3 Å². The van der Waals surface area contributed by atoms with E-state index in [2.05, 4.69) is 34.0 Å². The third-order valence-electron chi connectivity index (χ3n) is 2.73. The molecule has 1 aliphatic rings. The third-order valence-corrected chi connectivity index (χ3v) is 3.02. The Labute approximate surface area is 101 Å². The lowest BCUT2D eigenvalue weighted by Gasteiger charge is -2.01. The first-order chi connectivity index (χ1) is 7.79. The van der Waals surface area contributed by atoms with Crippen LogP contribution in [0.3, 0.4) is 0 Å². The zero-order valence-electron chi connectivity index (χ0n) is 9.29. The van der Waals surface area contributed by atoms with Gasteiger partial charge in [0.05, 0.1) is 6.21 Å². The molecule has 0 aliphatic heterocycles. The SMILES string of the molecule is CNC(=S)N/N=C\c1ccc2c(c1)CCC2. The second-order valence-electron chi connectivity index (χ2n) is 3.83. The first-order valence-electron chi connectivity index (χ1n) is 5.42. The molecule has 2 N–H and O–H groups in total. The van der Waals surface area contributed by atoms with Crippen molar-refractivity contribution >= 4 is 23.5 Å². The van der Waals surface area contributed by atoms with Gasteiger partial charge < -0.3 is 5.32 Å². The third kappa shape index (κ3) is 2.58. The molecule has 0 unspecified atom stereocenters. The average Bonchev–Trinajstić information content (AvgIpc) is 2.76. The molecule has 16 heavy (non-hydrogen) atoms. The molecule has 0 fully saturated rings. The number of nitrogens with zero attached hydrogens (tertiary/aromatic N) is 1. The molecule has 0 spiro atoms. The van der Waals surface area contributed by atoms with Crippen molar-refractivity contribution < 1.29 is 0 Å². The molecule has 0 heterocycles. The number of benzene rings is 1. The van der Waals surface area contributed by atoms with Gasteiger partial charge in [0.15, 0.2) is 5.11 Å². The highest BCUT2D eigenvalue weighted by atomic mass is 32.1. The van der Waals surface area contributed by atoms with E-state index < -0.39 is 0 Å². The first kappa shape index (κ1) is 11.1. The molecule has 0 saturated carbocycles. The maximum absolute atomic E-state index is 4.91. The summed E-state index contributed by atoms with van der Waals surface area (Å²) in [6, 6.07) is 6.49. The molecule has 1 aromatic carbocycles. The van der Waals surface area contributed by atoms with Crippen molar-refractivity contribution in [2.24, 2.45) is 5.10 Å². The molecule has 0 saturated heterocycles. The number of thiocarbonyl (C=S) groups is 1. The minimum atomic E-state index is 0.525. The zero-order valence-corrected chi connectivity index (χ0v) is 10.1. The minimum absolute atomic E-state index is 0.525. The Bertz CT molecular complexity index is 426. The molecular weight excluding hydrogens is 218 g/mol. The maximum atomic E-state index is 4.91. The molecule has 2 rings (SSSR count). The van der Waals surface area contributed by atoms with E-state index in [-0.39, 0.29) is 0 Å². The summed E-state index contributed by atoms with van der Waals surface area (Å²) in [6.45, 7) is 0. The number of rotatable bonds is 2. The van der Waals surface area contributed by atoms with Gasteiger partial charge in [0.2, 0.25) is 0 Å². The van der Waals surface area contributed by atoms with Crippen molar-refractivity contribution in [3.8, 4) is 0 Å². The van der Waals surface area contributed by atoms with E-state index in [0.29, 0.717) is 5.11 Å². The number of nitrogens with one attached hydrogen (secondary N) is 2. The number of fused-ring (bicyclic) bond motifs is 1. The van der Waals surface area contributed by atoms with Crippen molar-refractivity contribution in [1.82, 2.24) is 10.7 Å². The van der Waals surface area contributed by atoms with E-state index in [9.17, 15) is 0 Å². The van der Waals surface area contributed by atoms with Crippen LogP contribution >= 0.6 is 12.2 Å². The Morgan fingerprint density at radius 3 is 3.00 bits per heavy atom. The molecule has 3 nitrogen and oxygen atoms in total. The molecule has 84 valence electrons. The van der Waals surface area contributed by atoms with Crippen LogP contribution in [0.4, 0.5) is 0 Å². The summed E-state index contributed by atoms with van der Waals surface area (Å²) in [5.41, 5.74) is 6.80. The summed E-state index contributed by atoms with van der Waals surface area (Å²) in [7, 11) is 1.76. The molecule has 1 aliphatic carbocycles. The van der Waals surface area contributed by atoms with Crippen LogP contribution in [0.2, 0.25) is 0 Å². The first-order valence-corrected chi connectivity index (χ1v) is 5.83. The Morgan fingerprint density at radius 2 is 2.19 bits per heavy atom. The Hall–Kier alpha value is -1.42. The topological polar surface area (TPSA) is 36.4 Å². The molecule has 0 aromatic heterocycles. The summed E-state index contributed by atoms with van der Waals surface area (Å²) in [4.78, 5) is 0. The smallest absolute Gasteiger partial charge is 0.186 e. The van der Waals surface area contributed by atoms with Gasteiger partial charge in [-0.15, -0.1) is 0 Å². The van der Waals surface area contributed by atoms with E-state index in [1.54, 1.807) is 13.3 Å². The predicted molar refractivity (Wildman–Crippen MR) is 70.9 cm³/mol. The summed E-state index contributed by atoms with van der Waals surface area (Å²) in [5, 5.41) is 7.38. The van der Waals surface area contributed by atoms with Gasteiger partial charge in [-0.2, -0.15) is 5.10 Å². The van der Waals surface area contributed by atoms with Crippen LogP contribution < -0.4 is 10.7 Å². The summed E-state index contributed by atoms with van der Waals surface area (Å²) in [5.74, 6) is 0. The summed E-state index contributed by atoms with van der Waals surface area (Å²) < 4.78 is 0. The number of hydrogen-bond donors (Lipinski definition) is 2. The lowest BCUT2D eigenvalue weighted by atomic mass is 10.1. The molecule has 0 amide bonds. The highest BCUT2D eigenvalue weighted by Gasteiger charge is 2.09. The largest absolute Gasteiger partial charge is 0.364 e. The Morgan fingerprint density at radius 1 is 1.38 bits per heavy atom. The lowest BCUT2D eigenvalue weighted by molar-refractivity contribution is 0.912. The average molecular weight is 233 g/mol. The van der Waals surface area contributed by atoms with Gasteiger partial charge in [0.25, 0.3) is 0 Å². The zero-order chi connectivity index (χ0) is 11.4. The van der Waals surface area contributed by atoms with Crippen molar-refractivity contribution in [2.75, 3.05) is 7.05 Å². The fourth-order valence-corrected chi connectivity index (χ4v) is 1.95. The monoisotopic (exact) mass is 233 g/mol. The second kappa shape index (κ2) is 5.07. The van der Waals surface area contributed by atoms with Crippen molar-refractivity contribution in [3.63, 3.8) is 0 Å². The highest BCUT2D eigenvalue weighted by molar-refractivity contribution is 7.80. The minimum Gasteiger partial charge on any atom is -0.364 e. The van der Waals surface area contributed by atoms with Gasteiger partial charge in [-0.1, -0.05) is 12.1 Å². The van der Waals surface area contributed by atoms with Crippen LogP contribution in [0, 0.1) is 0 Å². The summed E-state index contributed by atoms with van der Waals surface area (Å²) in [6.07, 6.45) is 5.48. The highest BCUT2D eigenvalue weighted by Crippen LogP contribution is 2.22. The summed E-state index contributed by atoms with van der Waals surface area (Å²) >= 11 is 4.91. The van der Waals surface area contributed by atoms with E-state index in [0.717, 1.165) is 5.56 Å². The predicted octanol–water partition coefficient (Wildman–Crippen LogP) is 1.60. The molecule has 1 aromatic rings. The fourth-order valence-electron chi connectivity index (χ4n) is 1.89. The number of hydrogen-bond acceptors (Lipinski definition) is 2. The van der Waals surface area contributed by atoms with Crippen LogP contribution in [-0.4, -0.2) is 18.4 Å². The van der Waals surface area contributed by atoms with Gasteiger partial charge in [0.1, 0.15) is 0 Å². The van der Waals surface area contributed by atoms with E-state index in [1.807, 2.05) is 0 Å². The second-order valence-corrected chi connectivity index (χ2v) is 4.24. The van der Waals surface area contributed by atoms with E-state index >= 15 is 0 Å².